The number of nitrogens with one attached hydrogen (secondary N) is 1. The Labute approximate surface area is 82.0 Å². The van der Waals surface area contributed by atoms with Crippen LogP contribution in [0.3, 0.4) is 0 Å². The molecule has 1 heterocycles. The van der Waals surface area contributed by atoms with Crippen molar-refractivity contribution in [2.24, 2.45) is 0 Å². The Kier molecular flexibility index (Phi) is 2.45. The molecular weight excluding hydrogens is 182 g/mol. The molecule has 1 aromatic carbocycles. The Morgan fingerprint density at radius 1 is 1.31 bits per heavy atom. The number of ether oxygens (including phenoxy) is 1. The minimum atomic E-state index is 0.878. The van der Waals surface area contributed by atoms with Crippen LogP contribution >= 0.6 is 11.8 Å². The fraction of sp³-hybridized carbons (Fsp3) is 0.100. The van der Waals surface area contributed by atoms with Crippen molar-refractivity contribution in [3.05, 3.63) is 41.1 Å². The highest BCUT2D eigenvalue weighted by Gasteiger charge is 2.06. The van der Waals surface area contributed by atoms with E-state index in [1.54, 1.807) is 7.11 Å². The highest BCUT2D eigenvalue weighted by atomic mass is 32.2. The molecule has 0 spiro atoms. The van der Waals surface area contributed by atoms with Gasteiger partial charge in [-0.25, -0.2) is 0 Å². The van der Waals surface area contributed by atoms with Crippen LogP contribution in [0.4, 0.5) is 0 Å². The van der Waals surface area contributed by atoms with E-state index in [-0.39, 0.29) is 0 Å². The minimum Gasteiger partial charge on any atom is -0.497 e. The van der Waals surface area contributed by atoms with Gasteiger partial charge in [-0.15, -0.1) is 0 Å². The maximum Gasteiger partial charge on any atom is 0.161 e. The fourth-order valence-corrected chi connectivity index (χ4v) is 1.65. The van der Waals surface area contributed by atoms with Crippen molar-refractivity contribution in [2.45, 2.75) is 0 Å². The van der Waals surface area contributed by atoms with Crippen LogP contribution in [0.25, 0.3) is 5.70 Å². The number of hydrogen-bond acceptors (Lipinski definition) is 3. The van der Waals surface area contributed by atoms with E-state index < -0.39 is 0 Å². The number of rotatable bonds is 2. The molecule has 0 atom stereocenters. The van der Waals surface area contributed by atoms with Gasteiger partial charge in [-0.05, 0) is 35.2 Å². The predicted molar refractivity (Wildman–Crippen MR) is 54.9 cm³/mol. The number of hydrogen-bond donors (Lipinski definition) is 1. The lowest BCUT2D eigenvalue weighted by atomic mass is 10.2. The molecule has 1 N–H and O–H groups in total. The smallest absolute Gasteiger partial charge is 0.161 e. The van der Waals surface area contributed by atoms with Crippen molar-refractivity contribution in [1.82, 2.24) is 5.32 Å². The van der Waals surface area contributed by atoms with Crippen LogP contribution in [0.15, 0.2) is 29.7 Å². The van der Waals surface area contributed by atoms with Crippen molar-refractivity contribution < 1.29 is 4.74 Å². The molecule has 2 rings (SSSR count). The standard InChI is InChI=1S/C10H9NOS/c1-12-9-4-2-8(3-5-9)10-6-13-7-11-10/h2-6,11H,1H3. The SMILES string of the molecule is COc1ccc(C2=CS[C]N2)cc1. The summed E-state index contributed by atoms with van der Waals surface area (Å²) in [5.74, 6) is 3.82. The molecule has 0 unspecified atom stereocenters. The summed E-state index contributed by atoms with van der Waals surface area (Å²) in [6.07, 6.45) is 0. The van der Waals surface area contributed by atoms with Gasteiger partial charge in [-0.3, -0.25) is 0 Å². The monoisotopic (exact) mass is 191 g/mol. The van der Waals surface area contributed by atoms with E-state index in [0.717, 1.165) is 17.0 Å². The van der Waals surface area contributed by atoms with Gasteiger partial charge in [0.25, 0.3) is 0 Å². The van der Waals surface area contributed by atoms with Gasteiger partial charge in [0.1, 0.15) is 5.75 Å². The number of thioether (sulfide) groups is 1. The fourth-order valence-electron chi connectivity index (χ4n) is 1.11. The molecule has 13 heavy (non-hydrogen) atoms. The molecule has 1 aliphatic rings. The maximum absolute atomic E-state index is 5.07. The van der Waals surface area contributed by atoms with Gasteiger partial charge in [0, 0.05) is 5.70 Å². The molecule has 1 aromatic rings. The molecule has 2 nitrogen and oxygen atoms in total. The summed E-state index contributed by atoms with van der Waals surface area (Å²) in [5, 5.41) is 5.07. The summed E-state index contributed by atoms with van der Waals surface area (Å²) < 4.78 is 5.07. The molecule has 66 valence electrons. The molecular formula is C10H9NOS. The Bertz CT molecular complexity index is 318. The lowest BCUT2D eigenvalue weighted by molar-refractivity contribution is 0.415. The Morgan fingerprint density at radius 2 is 2.08 bits per heavy atom. The first-order chi connectivity index (χ1) is 6.40. The average Bonchev–Trinajstić information content (AvgIpc) is 2.71. The zero-order valence-electron chi connectivity index (χ0n) is 7.20. The van der Waals surface area contributed by atoms with Crippen LogP contribution in [0, 0.1) is 5.88 Å². The van der Waals surface area contributed by atoms with Crippen LogP contribution in [0.2, 0.25) is 0 Å². The molecule has 2 radical (unpaired) electrons. The second-order valence-electron chi connectivity index (χ2n) is 2.60. The molecule has 3 heteroatoms. The zero-order chi connectivity index (χ0) is 9.10. The van der Waals surface area contributed by atoms with Crippen molar-refractivity contribution in [1.29, 1.82) is 0 Å². The highest BCUT2D eigenvalue weighted by Crippen LogP contribution is 2.25. The lowest BCUT2D eigenvalue weighted by Gasteiger charge is -2.04. The predicted octanol–water partition coefficient (Wildman–Crippen LogP) is 2.33. The number of methoxy groups -OCH3 is 1. The van der Waals surface area contributed by atoms with Gasteiger partial charge in [-0.2, -0.15) is 0 Å². The summed E-state index contributed by atoms with van der Waals surface area (Å²) in [5.41, 5.74) is 2.24. The third-order valence-electron chi connectivity index (χ3n) is 1.82. The second-order valence-corrected chi connectivity index (χ2v) is 3.28. The Hall–Kier alpha value is -1.09. The lowest BCUT2D eigenvalue weighted by Crippen LogP contribution is -2.00. The van der Waals surface area contributed by atoms with Crippen LogP contribution in [-0.2, 0) is 0 Å². The molecule has 0 aliphatic carbocycles. The minimum absolute atomic E-state index is 0.878. The molecule has 0 bridgehead atoms. The quantitative estimate of drug-likeness (QED) is 0.775. The largest absolute Gasteiger partial charge is 0.497 e. The third kappa shape index (κ3) is 1.80. The van der Waals surface area contributed by atoms with Crippen molar-refractivity contribution in [3.8, 4) is 5.75 Å². The normalized spacial score (nSPS) is 15.0. The summed E-state index contributed by atoms with van der Waals surface area (Å²) in [6, 6.07) is 7.93. The molecule has 0 fully saturated rings. The van der Waals surface area contributed by atoms with Crippen molar-refractivity contribution >= 4 is 17.5 Å². The molecule has 0 saturated heterocycles. The number of benzene rings is 1. The van der Waals surface area contributed by atoms with E-state index in [2.05, 4.69) is 11.2 Å². The van der Waals surface area contributed by atoms with Gasteiger partial charge in [0.05, 0.1) is 7.11 Å². The second kappa shape index (κ2) is 3.75. The van der Waals surface area contributed by atoms with Crippen molar-refractivity contribution in [3.63, 3.8) is 0 Å². The molecule has 0 amide bonds. The van der Waals surface area contributed by atoms with Gasteiger partial charge >= 0.3 is 0 Å². The highest BCUT2D eigenvalue weighted by molar-refractivity contribution is 8.04. The molecule has 1 aliphatic heterocycles. The zero-order valence-corrected chi connectivity index (χ0v) is 8.02. The summed E-state index contributed by atoms with van der Waals surface area (Å²) >= 11 is 1.53. The van der Waals surface area contributed by atoms with E-state index in [0.29, 0.717) is 0 Å². The maximum atomic E-state index is 5.07. The first kappa shape index (κ1) is 8.51. The summed E-state index contributed by atoms with van der Waals surface area (Å²) in [6.45, 7) is 0. The van der Waals surface area contributed by atoms with E-state index in [1.807, 2.05) is 29.7 Å². The first-order valence-corrected chi connectivity index (χ1v) is 4.79. The molecule has 0 saturated carbocycles. The molecule has 0 aromatic heterocycles. The third-order valence-corrected chi connectivity index (χ3v) is 2.40. The van der Waals surface area contributed by atoms with E-state index in [1.165, 1.54) is 11.8 Å². The first-order valence-electron chi connectivity index (χ1n) is 3.91. The van der Waals surface area contributed by atoms with E-state index in [9.17, 15) is 0 Å². The average molecular weight is 191 g/mol. The summed E-state index contributed by atoms with van der Waals surface area (Å²) in [4.78, 5) is 0. The van der Waals surface area contributed by atoms with Gasteiger partial charge < -0.3 is 10.1 Å². The van der Waals surface area contributed by atoms with Gasteiger partial charge in [0.15, 0.2) is 5.88 Å². The Balaban J connectivity index is 2.22. The van der Waals surface area contributed by atoms with Gasteiger partial charge in [0.2, 0.25) is 0 Å². The Morgan fingerprint density at radius 3 is 2.62 bits per heavy atom. The van der Waals surface area contributed by atoms with Crippen molar-refractivity contribution in [2.75, 3.05) is 7.11 Å². The van der Waals surface area contributed by atoms with E-state index in [4.69, 9.17) is 4.74 Å². The van der Waals surface area contributed by atoms with Crippen LogP contribution in [0.5, 0.6) is 5.75 Å². The van der Waals surface area contributed by atoms with Gasteiger partial charge in [-0.1, -0.05) is 11.8 Å². The summed E-state index contributed by atoms with van der Waals surface area (Å²) in [7, 11) is 1.67. The van der Waals surface area contributed by atoms with E-state index >= 15 is 0 Å². The van der Waals surface area contributed by atoms with Crippen LogP contribution < -0.4 is 10.1 Å². The topological polar surface area (TPSA) is 21.3 Å². The van der Waals surface area contributed by atoms with Crippen LogP contribution in [-0.4, -0.2) is 7.11 Å². The van der Waals surface area contributed by atoms with Crippen LogP contribution in [0.1, 0.15) is 5.56 Å².